The molecule has 2 aliphatic heterocycles. The number of fused-ring (bicyclic) bond motifs is 1. The molecule has 0 amide bonds. The molecule has 2 aromatic rings. The fourth-order valence-corrected chi connectivity index (χ4v) is 6.28. The van der Waals surface area contributed by atoms with Gasteiger partial charge in [-0.3, -0.25) is 4.79 Å². The molecule has 0 bridgehead atoms. The van der Waals surface area contributed by atoms with Crippen molar-refractivity contribution in [3.05, 3.63) is 81.8 Å². The molecule has 5 rings (SSSR count). The lowest BCUT2D eigenvalue weighted by Crippen LogP contribution is -2.42. The molecule has 4 nitrogen and oxygen atoms in total. The van der Waals surface area contributed by atoms with Crippen molar-refractivity contribution < 1.29 is 45.0 Å². The zero-order chi connectivity index (χ0) is 29.7. The van der Waals surface area contributed by atoms with Gasteiger partial charge < -0.3 is 14.4 Å². The lowest BCUT2D eigenvalue weighted by Gasteiger charge is -2.40. The Morgan fingerprint density at radius 2 is 1.59 bits per heavy atom. The van der Waals surface area contributed by atoms with Crippen LogP contribution in [0.3, 0.4) is 0 Å². The molecule has 0 saturated carbocycles. The highest BCUT2D eigenvalue weighted by molar-refractivity contribution is 5.96. The second-order valence-electron chi connectivity index (χ2n) is 11.1. The summed E-state index contributed by atoms with van der Waals surface area (Å²) in [4.78, 5) is 14.5. The summed E-state index contributed by atoms with van der Waals surface area (Å²) in [5, 5.41) is 0. The molecule has 222 valence electrons. The number of allylic oxidation sites excluding steroid dienone is 2. The van der Waals surface area contributed by atoms with Crippen LogP contribution in [0.5, 0.6) is 0 Å². The SMILES string of the molecule is CC1=C(N2CC3[C@H](CO[C@H](O[C@H](C)c4cc(C(F)(F)F)cc(C(F)(F)F)c4)[C@H]3c3ccc(F)cc3)C2)CCCC1=O. The van der Waals surface area contributed by atoms with Gasteiger partial charge in [-0.05, 0) is 74.1 Å². The molecule has 1 aliphatic carbocycles. The Labute approximate surface area is 233 Å². The van der Waals surface area contributed by atoms with Crippen molar-refractivity contribution >= 4 is 5.78 Å². The van der Waals surface area contributed by atoms with E-state index in [9.17, 15) is 35.5 Å². The summed E-state index contributed by atoms with van der Waals surface area (Å²) in [6.07, 6.45) is -10.1. The van der Waals surface area contributed by atoms with Crippen LogP contribution < -0.4 is 0 Å². The summed E-state index contributed by atoms with van der Waals surface area (Å²) in [6, 6.07) is 7.17. The number of ether oxygens (including phenoxy) is 2. The first kappa shape index (κ1) is 29.6. The van der Waals surface area contributed by atoms with Gasteiger partial charge >= 0.3 is 12.4 Å². The van der Waals surface area contributed by atoms with Gasteiger partial charge in [0.15, 0.2) is 12.1 Å². The molecule has 0 aromatic heterocycles. The maximum Gasteiger partial charge on any atom is 0.416 e. The van der Waals surface area contributed by atoms with Crippen molar-refractivity contribution in [1.29, 1.82) is 0 Å². The Morgan fingerprint density at radius 1 is 0.951 bits per heavy atom. The largest absolute Gasteiger partial charge is 0.416 e. The van der Waals surface area contributed by atoms with Crippen LogP contribution in [0.2, 0.25) is 0 Å². The zero-order valence-corrected chi connectivity index (χ0v) is 22.5. The van der Waals surface area contributed by atoms with Crippen molar-refractivity contribution in [3.8, 4) is 0 Å². The monoisotopic (exact) mass is 585 g/mol. The fourth-order valence-electron chi connectivity index (χ4n) is 6.28. The van der Waals surface area contributed by atoms with E-state index in [0.717, 1.165) is 24.1 Å². The molecule has 0 N–H and O–H groups in total. The quantitative estimate of drug-likeness (QED) is 0.338. The normalized spacial score (nSPS) is 26.4. The van der Waals surface area contributed by atoms with Gasteiger partial charge in [-0.2, -0.15) is 26.3 Å². The summed E-state index contributed by atoms with van der Waals surface area (Å²) in [7, 11) is 0. The van der Waals surface area contributed by atoms with E-state index >= 15 is 0 Å². The topological polar surface area (TPSA) is 38.8 Å². The van der Waals surface area contributed by atoms with Crippen LogP contribution in [0.15, 0.2) is 53.7 Å². The molecule has 5 atom stereocenters. The molecule has 0 spiro atoms. The molecule has 2 fully saturated rings. The van der Waals surface area contributed by atoms with Gasteiger partial charge in [-0.1, -0.05) is 12.1 Å². The highest BCUT2D eigenvalue weighted by Crippen LogP contribution is 2.47. The summed E-state index contributed by atoms with van der Waals surface area (Å²) >= 11 is 0. The number of ketones is 1. The Kier molecular flexibility index (Phi) is 7.97. The van der Waals surface area contributed by atoms with E-state index < -0.39 is 47.6 Å². The van der Waals surface area contributed by atoms with E-state index in [1.54, 1.807) is 12.1 Å². The van der Waals surface area contributed by atoms with Crippen LogP contribution in [-0.2, 0) is 26.6 Å². The maximum atomic E-state index is 13.8. The van der Waals surface area contributed by atoms with Crippen molar-refractivity contribution in [1.82, 2.24) is 4.90 Å². The van der Waals surface area contributed by atoms with Gasteiger partial charge in [0, 0.05) is 42.6 Å². The van der Waals surface area contributed by atoms with Crippen LogP contribution in [0.4, 0.5) is 30.7 Å². The fraction of sp³-hybridized carbons (Fsp3) is 0.500. The van der Waals surface area contributed by atoms with Gasteiger partial charge in [-0.25, -0.2) is 4.39 Å². The molecule has 2 saturated heterocycles. The summed E-state index contributed by atoms with van der Waals surface area (Å²) in [6.45, 7) is 4.66. The number of carbonyl (C=O) groups is 1. The highest BCUT2D eigenvalue weighted by Gasteiger charge is 2.48. The van der Waals surface area contributed by atoms with Crippen LogP contribution >= 0.6 is 0 Å². The molecule has 1 unspecified atom stereocenters. The molecule has 41 heavy (non-hydrogen) atoms. The van der Waals surface area contributed by atoms with E-state index in [4.69, 9.17) is 9.47 Å². The summed E-state index contributed by atoms with van der Waals surface area (Å²) in [5.41, 5.74) is -0.719. The summed E-state index contributed by atoms with van der Waals surface area (Å²) < 4.78 is 107. The van der Waals surface area contributed by atoms with Gasteiger partial charge in [0.1, 0.15) is 5.82 Å². The molecule has 2 aromatic carbocycles. The van der Waals surface area contributed by atoms with Gasteiger partial charge in [0.05, 0.1) is 23.8 Å². The first-order valence-corrected chi connectivity index (χ1v) is 13.5. The molecule has 2 heterocycles. The lowest BCUT2D eigenvalue weighted by atomic mass is 9.77. The van der Waals surface area contributed by atoms with Crippen LogP contribution in [0.25, 0.3) is 0 Å². The first-order chi connectivity index (χ1) is 19.2. The lowest BCUT2D eigenvalue weighted by molar-refractivity contribution is -0.217. The number of rotatable bonds is 5. The number of likely N-dealkylation sites (tertiary alicyclic amines) is 1. The van der Waals surface area contributed by atoms with Gasteiger partial charge in [0.25, 0.3) is 0 Å². The number of benzene rings is 2. The number of hydrogen-bond donors (Lipinski definition) is 0. The molecular formula is C30H30F7NO3. The zero-order valence-electron chi connectivity index (χ0n) is 22.5. The predicted molar refractivity (Wildman–Crippen MR) is 135 cm³/mol. The third kappa shape index (κ3) is 6.16. The minimum Gasteiger partial charge on any atom is -0.374 e. The molecular weight excluding hydrogens is 555 g/mol. The Bertz CT molecular complexity index is 1290. The number of alkyl halides is 6. The third-order valence-electron chi connectivity index (χ3n) is 8.44. The minimum absolute atomic E-state index is 0.0305. The van der Waals surface area contributed by atoms with E-state index in [-0.39, 0.29) is 35.9 Å². The van der Waals surface area contributed by atoms with E-state index in [1.807, 2.05) is 6.92 Å². The van der Waals surface area contributed by atoms with Gasteiger partial charge in [-0.15, -0.1) is 0 Å². The molecule has 11 heteroatoms. The first-order valence-electron chi connectivity index (χ1n) is 13.5. The number of Topliss-reactive ketones (excluding diaryl/α,β-unsaturated/α-hetero) is 1. The minimum atomic E-state index is -4.98. The van der Waals surface area contributed by atoms with Crippen molar-refractivity contribution in [3.63, 3.8) is 0 Å². The van der Waals surface area contributed by atoms with Crippen LogP contribution in [0.1, 0.15) is 67.4 Å². The van der Waals surface area contributed by atoms with Crippen molar-refractivity contribution in [2.24, 2.45) is 11.8 Å². The number of hydrogen-bond acceptors (Lipinski definition) is 4. The Hall–Kier alpha value is -2.92. The molecule has 3 aliphatic rings. The average molecular weight is 586 g/mol. The van der Waals surface area contributed by atoms with Crippen molar-refractivity contribution in [2.75, 3.05) is 19.7 Å². The van der Waals surface area contributed by atoms with Gasteiger partial charge in [0.2, 0.25) is 0 Å². The predicted octanol–water partition coefficient (Wildman–Crippen LogP) is 7.66. The Balaban J connectivity index is 1.46. The Morgan fingerprint density at radius 3 is 2.20 bits per heavy atom. The second kappa shape index (κ2) is 11.1. The number of carbonyl (C=O) groups excluding carboxylic acids is 1. The van der Waals surface area contributed by atoms with Crippen LogP contribution in [-0.4, -0.2) is 36.7 Å². The number of nitrogens with zero attached hydrogens (tertiary/aromatic N) is 1. The van der Waals surface area contributed by atoms with E-state index in [2.05, 4.69) is 4.90 Å². The smallest absolute Gasteiger partial charge is 0.374 e. The second-order valence-corrected chi connectivity index (χ2v) is 11.1. The maximum absolute atomic E-state index is 13.8. The molecule has 0 radical (unpaired) electrons. The van der Waals surface area contributed by atoms with Crippen LogP contribution in [0, 0.1) is 17.7 Å². The summed E-state index contributed by atoms with van der Waals surface area (Å²) in [5.74, 6) is -0.860. The number of halogens is 7. The third-order valence-corrected chi connectivity index (χ3v) is 8.44. The standard InChI is InChI=1S/C30H30F7NO3/c1-16-25(4-3-5-26(16)39)38-13-20-15-40-28(27(24(20)14-38)18-6-8-23(31)9-7-18)41-17(2)19-10-21(29(32,33)34)12-22(11-19)30(35,36)37/h6-12,17,20,24,27-28H,3-5,13-15H2,1-2H3/t17-,20+,24?,27+,28-/m1/s1. The van der Waals surface area contributed by atoms with E-state index in [0.29, 0.717) is 37.2 Å². The average Bonchev–Trinajstić information content (AvgIpc) is 3.33. The highest BCUT2D eigenvalue weighted by atomic mass is 19.4. The van der Waals surface area contributed by atoms with E-state index in [1.165, 1.54) is 19.1 Å². The van der Waals surface area contributed by atoms with Crippen molar-refractivity contribution in [2.45, 2.75) is 63.8 Å².